The fraction of sp³-hybridized carbons (Fsp3) is 0.150. The molecule has 0 atom stereocenters. The number of benzene rings is 2. The lowest BCUT2D eigenvalue weighted by molar-refractivity contribution is -0.116. The molecule has 3 aromatic rings. The van der Waals surface area contributed by atoms with Crippen molar-refractivity contribution in [2.75, 3.05) is 18.9 Å². The maximum atomic E-state index is 12.5. The number of nitrogens with one attached hydrogen (secondary N) is 1. The van der Waals surface area contributed by atoms with Gasteiger partial charge in [-0.05, 0) is 52.9 Å². The SMILES string of the molecule is CN(CC(=O)Nc1ccc2c(c1)Cc1ccccc1-2)S(=O)(=O)c1ccc(Cl)s1. The average Bonchev–Trinajstić information content (AvgIpc) is 3.24. The number of carbonyl (C=O) groups is 1. The third kappa shape index (κ3) is 3.58. The number of sulfonamides is 1. The van der Waals surface area contributed by atoms with Crippen LogP contribution in [0.5, 0.6) is 0 Å². The molecular formula is C20H17ClN2O3S2. The van der Waals surface area contributed by atoms with E-state index in [9.17, 15) is 13.2 Å². The minimum atomic E-state index is -3.74. The van der Waals surface area contributed by atoms with Crippen molar-refractivity contribution in [3.63, 3.8) is 0 Å². The van der Waals surface area contributed by atoms with Gasteiger partial charge < -0.3 is 5.32 Å². The summed E-state index contributed by atoms with van der Waals surface area (Å²) in [5, 5.41) is 2.79. The van der Waals surface area contributed by atoms with E-state index in [0.717, 1.165) is 27.6 Å². The molecule has 5 nitrogen and oxygen atoms in total. The molecule has 1 aromatic heterocycles. The number of amides is 1. The van der Waals surface area contributed by atoms with E-state index in [1.54, 1.807) is 0 Å². The Morgan fingerprint density at radius 3 is 2.61 bits per heavy atom. The molecule has 0 bridgehead atoms. The number of nitrogens with zero attached hydrogens (tertiary/aromatic N) is 1. The largest absolute Gasteiger partial charge is 0.325 e. The lowest BCUT2D eigenvalue weighted by Gasteiger charge is -2.16. The molecule has 1 amide bonds. The third-order valence-electron chi connectivity index (χ3n) is 4.66. The van der Waals surface area contributed by atoms with E-state index >= 15 is 0 Å². The van der Waals surface area contributed by atoms with Gasteiger partial charge in [0, 0.05) is 12.7 Å². The van der Waals surface area contributed by atoms with Crippen molar-refractivity contribution >= 4 is 44.6 Å². The van der Waals surface area contributed by atoms with Crippen molar-refractivity contribution in [3.8, 4) is 11.1 Å². The Labute approximate surface area is 172 Å². The number of anilines is 1. The first kappa shape index (κ1) is 19.1. The molecule has 2 aromatic carbocycles. The molecule has 0 saturated carbocycles. The second kappa shape index (κ2) is 7.33. The lowest BCUT2D eigenvalue weighted by Crippen LogP contribution is -2.34. The molecule has 1 N–H and O–H groups in total. The number of hydrogen-bond acceptors (Lipinski definition) is 4. The van der Waals surface area contributed by atoms with Crippen LogP contribution in [0.3, 0.4) is 0 Å². The molecule has 1 aliphatic carbocycles. The summed E-state index contributed by atoms with van der Waals surface area (Å²) in [5.41, 5.74) is 5.45. The third-order valence-corrected chi connectivity index (χ3v) is 8.16. The summed E-state index contributed by atoms with van der Waals surface area (Å²) < 4.78 is 26.5. The monoisotopic (exact) mass is 432 g/mol. The number of likely N-dealkylation sites (N-methyl/N-ethyl adjacent to an activating group) is 1. The van der Waals surface area contributed by atoms with Gasteiger partial charge in [0.1, 0.15) is 4.21 Å². The van der Waals surface area contributed by atoms with Crippen molar-refractivity contribution in [2.45, 2.75) is 10.6 Å². The van der Waals surface area contributed by atoms with Gasteiger partial charge >= 0.3 is 0 Å². The maximum Gasteiger partial charge on any atom is 0.252 e. The van der Waals surface area contributed by atoms with Gasteiger partial charge in [-0.25, -0.2) is 8.42 Å². The van der Waals surface area contributed by atoms with E-state index in [1.165, 1.54) is 35.9 Å². The standard InChI is InChI=1S/C20H17ClN2O3S2/c1-23(28(25,26)20-9-8-18(21)27-20)12-19(24)22-15-6-7-17-14(11-15)10-13-4-2-3-5-16(13)17/h2-9,11H,10,12H2,1H3,(H,22,24). The molecule has 0 unspecified atom stereocenters. The quantitative estimate of drug-likeness (QED) is 0.513. The lowest BCUT2D eigenvalue weighted by atomic mass is 10.1. The van der Waals surface area contributed by atoms with Gasteiger partial charge in [0.2, 0.25) is 5.91 Å². The minimum Gasteiger partial charge on any atom is -0.325 e. The first-order valence-corrected chi connectivity index (χ1v) is 11.2. The highest BCUT2D eigenvalue weighted by molar-refractivity contribution is 7.91. The van der Waals surface area contributed by atoms with Crippen molar-refractivity contribution in [1.82, 2.24) is 4.31 Å². The molecule has 144 valence electrons. The summed E-state index contributed by atoms with van der Waals surface area (Å²) in [6.45, 7) is -0.283. The summed E-state index contributed by atoms with van der Waals surface area (Å²) in [4.78, 5) is 12.4. The molecule has 0 aliphatic heterocycles. The van der Waals surface area contributed by atoms with Crippen LogP contribution in [-0.2, 0) is 21.2 Å². The summed E-state index contributed by atoms with van der Waals surface area (Å²) in [6.07, 6.45) is 0.822. The highest BCUT2D eigenvalue weighted by atomic mass is 35.5. The zero-order valence-electron chi connectivity index (χ0n) is 15.0. The first-order valence-electron chi connectivity index (χ1n) is 8.57. The van der Waals surface area contributed by atoms with E-state index in [-0.39, 0.29) is 10.8 Å². The van der Waals surface area contributed by atoms with Gasteiger partial charge in [-0.3, -0.25) is 4.79 Å². The Kier molecular flexibility index (Phi) is 5.01. The highest BCUT2D eigenvalue weighted by Crippen LogP contribution is 2.37. The van der Waals surface area contributed by atoms with Gasteiger partial charge in [-0.1, -0.05) is 41.9 Å². The zero-order valence-corrected chi connectivity index (χ0v) is 17.4. The molecule has 4 rings (SSSR count). The van der Waals surface area contributed by atoms with Gasteiger partial charge in [0.05, 0.1) is 10.9 Å². The maximum absolute atomic E-state index is 12.5. The van der Waals surface area contributed by atoms with E-state index in [4.69, 9.17) is 11.6 Å². The normalized spacial score (nSPS) is 12.7. The second-order valence-electron chi connectivity index (χ2n) is 6.57. The van der Waals surface area contributed by atoms with Crippen molar-refractivity contribution in [3.05, 3.63) is 70.1 Å². The number of hydrogen-bond donors (Lipinski definition) is 1. The molecule has 28 heavy (non-hydrogen) atoms. The predicted molar refractivity (Wildman–Crippen MR) is 112 cm³/mol. The Hall–Kier alpha value is -2.19. The van der Waals surface area contributed by atoms with E-state index in [0.29, 0.717) is 10.0 Å². The van der Waals surface area contributed by atoms with Crippen LogP contribution in [0.4, 0.5) is 5.69 Å². The number of rotatable bonds is 5. The van der Waals surface area contributed by atoms with Crippen LogP contribution < -0.4 is 5.32 Å². The number of fused-ring (bicyclic) bond motifs is 3. The number of halogens is 1. The van der Waals surface area contributed by atoms with Gasteiger partial charge in [-0.15, -0.1) is 11.3 Å². The average molecular weight is 433 g/mol. The Balaban J connectivity index is 1.45. The molecule has 8 heteroatoms. The van der Waals surface area contributed by atoms with Gasteiger partial charge in [-0.2, -0.15) is 4.31 Å². The van der Waals surface area contributed by atoms with Crippen LogP contribution in [0.1, 0.15) is 11.1 Å². The molecule has 0 radical (unpaired) electrons. The molecule has 0 fully saturated rings. The van der Waals surface area contributed by atoms with Crippen LogP contribution in [0.25, 0.3) is 11.1 Å². The summed E-state index contributed by atoms with van der Waals surface area (Å²) in [5.74, 6) is -0.399. The predicted octanol–water partition coefficient (Wildman–Crippen LogP) is 4.23. The second-order valence-corrected chi connectivity index (χ2v) is 10.6. The summed E-state index contributed by atoms with van der Waals surface area (Å²) in [7, 11) is -2.37. The van der Waals surface area contributed by atoms with Crippen LogP contribution in [0.15, 0.2) is 58.8 Å². The van der Waals surface area contributed by atoms with Crippen molar-refractivity contribution in [2.24, 2.45) is 0 Å². The number of carbonyl (C=O) groups excluding carboxylic acids is 1. The Morgan fingerprint density at radius 1 is 1.11 bits per heavy atom. The van der Waals surface area contributed by atoms with Crippen LogP contribution >= 0.6 is 22.9 Å². The molecule has 1 aliphatic rings. The van der Waals surface area contributed by atoms with Crippen molar-refractivity contribution in [1.29, 1.82) is 0 Å². The van der Waals surface area contributed by atoms with Crippen LogP contribution in [-0.4, -0.2) is 32.2 Å². The van der Waals surface area contributed by atoms with Crippen molar-refractivity contribution < 1.29 is 13.2 Å². The minimum absolute atomic E-state index is 0.114. The van der Waals surface area contributed by atoms with E-state index in [1.807, 2.05) is 30.3 Å². The van der Waals surface area contributed by atoms with E-state index < -0.39 is 15.9 Å². The van der Waals surface area contributed by atoms with Crippen LogP contribution in [0, 0.1) is 0 Å². The van der Waals surface area contributed by atoms with Crippen LogP contribution in [0.2, 0.25) is 4.34 Å². The number of thiophene rings is 1. The fourth-order valence-corrected chi connectivity index (χ4v) is 6.12. The molecule has 1 heterocycles. The topological polar surface area (TPSA) is 66.5 Å². The first-order chi connectivity index (χ1) is 13.3. The smallest absolute Gasteiger partial charge is 0.252 e. The zero-order chi connectivity index (χ0) is 19.9. The summed E-state index contributed by atoms with van der Waals surface area (Å²) >= 11 is 6.79. The molecular weight excluding hydrogens is 416 g/mol. The Bertz CT molecular complexity index is 1170. The van der Waals surface area contributed by atoms with E-state index in [2.05, 4.69) is 17.4 Å². The highest BCUT2D eigenvalue weighted by Gasteiger charge is 2.25. The van der Waals surface area contributed by atoms with Gasteiger partial charge in [0.25, 0.3) is 10.0 Å². The molecule has 0 spiro atoms. The summed E-state index contributed by atoms with van der Waals surface area (Å²) in [6, 6.07) is 17.0. The molecule has 0 saturated heterocycles. The fourth-order valence-electron chi connectivity index (χ4n) is 3.30. The van der Waals surface area contributed by atoms with Gasteiger partial charge in [0.15, 0.2) is 0 Å². The Morgan fingerprint density at radius 2 is 1.86 bits per heavy atom.